The minimum atomic E-state index is 0.126. The fraction of sp³-hybridized carbons (Fsp3) is 0.400. The first-order valence-corrected chi connectivity index (χ1v) is 11.1. The lowest BCUT2D eigenvalue weighted by molar-refractivity contribution is 0.174. The normalized spacial score (nSPS) is 13.4. The third-order valence-electron chi connectivity index (χ3n) is 4.36. The van der Waals surface area contributed by atoms with E-state index in [-0.39, 0.29) is 12.3 Å². The lowest BCUT2D eigenvalue weighted by atomic mass is 10.1. The van der Waals surface area contributed by atoms with Gasteiger partial charge >= 0.3 is 0 Å². The van der Waals surface area contributed by atoms with E-state index in [1.807, 2.05) is 30.6 Å². The highest BCUT2D eigenvalue weighted by Crippen LogP contribution is 2.41. The Labute approximate surface area is 182 Å². The van der Waals surface area contributed by atoms with Crippen LogP contribution in [0.3, 0.4) is 0 Å². The zero-order valence-corrected chi connectivity index (χ0v) is 19.1. The monoisotopic (exact) mass is 510 g/mol. The smallest absolute Gasteiger partial charge is 0.231 e. The van der Waals surface area contributed by atoms with Gasteiger partial charge in [-0.05, 0) is 74.5 Å². The Kier molecular flexibility index (Phi) is 5.71. The zero-order valence-electron chi connectivity index (χ0n) is 16.2. The van der Waals surface area contributed by atoms with E-state index in [2.05, 4.69) is 58.2 Å². The summed E-state index contributed by atoms with van der Waals surface area (Å²) in [6.07, 6.45) is 4.68. The van der Waals surface area contributed by atoms with Crippen LogP contribution in [0.25, 0.3) is 11.0 Å². The van der Waals surface area contributed by atoms with Gasteiger partial charge in [-0.3, -0.25) is 4.98 Å². The molecule has 0 unspecified atom stereocenters. The maximum absolute atomic E-state index is 5.55. The maximum atomic E-state index is 5.55. The first-order chi connectivity index (χ1) is 13.4. The van der Waals surface area contributed by atoms with Crippen LogP contribution in [0.15, 0.2) is 40.6 Å². The Morgan fingerprint density at radius 1 is 1.25 bits per heavy atom. The summed E-state index contributed by atoms with van der Waals surface area (Å²) in [6, 6.07) is 6.10. The van der Waals surface area contributed by atoms with Gasteiger partial charge in [0.1, 0.15) is 5.52 Å². The second kappa shape index (κ2) is 8.08. The van der Waals surface area contributed by atoms with E-state index in [9.17, 15) is 0 Å². The number of imidazole rings is 1. The van der Waals surface area contributed by atoms with Crippen molar-refractivity contribution in [3.63, 3.8) is 0 Å². The van der Waals surface area contributed by atoms with Crippen LogP contribution >= 0.6 is 34.4 Å². The number of halogens is 1. The highest BCUT2D eigenvalue weighted by molar-refractivity contribution is 14.1. The van der Waals surface area contributed by atoms with Crippen LogP contribution < -0.4 is 14.8 Å². The van der Waals surface area contributed by atoms with Gasteiger partial charge in [0.05, 0.1) is 11.7 Å². The Morgan fingerprint density at radius 2 is 2.04 bits per heavy atom. The van der Waals surface area contributed by atoms with Gasteiger partial charge in [0, 0.05) is 26.7 Å². The van der Waals surface area contributed by atoms with E-state index in [0.29, 0.717) is 0 Å². The van der Waals surface area contributed by atoms with Crippen molar-refractivity contribution in [1.29, 1.82) is 0 Å². The average molecular weight is 510 g/mol. The molecule has 0 bridgehead atoms. The zero-order chi connectivity index (χ0) is 19.7. The van der Waals surface area contributed by atoms with E-state index in [1.54, 1.807) is 11.8 Å². The molecule has 28 heavy (non-hydrogen) atoms. The maximum Gasteiger partial charge on any atom is 0.231 e. The number of aromatic nitrogens is 3. The SMILES string of the molecule is CC(C)(C)NCCCn1c(Sc2cc3c(cc2I)OCO3)nc2cnccc21. The predicted octanol–water partition coefficient (Wildman–Crippen LogP) is 4.69. The van der Waals surface area contributed by atoms with E-state index in [4.69, 9.17) is 14.5 Å². The molecule has 0 atom stereocenters. The van der Waals surface area contributed by atoms with Gasteiger partial charge in [0.15, 0.2) is 16.7 Å². The molecule has 4 rings (SSSR count). The molecule has 3 aromatic rings. The fourth-order valence-electron chi connectivity index (χ4n) is 3.03. The first-order valence-electron chi connectivity index (χ1n) is 9.23. The highest BCUT2D eigenvalue weighted by atomic mass is 127. The molecular weight excluding hydrogens is 487 g/mol. The highest BCUT2D eigenvalue weighted by Gasteiger charge is 2.19. The lowest BCUT2D eigenvalue weighted by Gasteiger charge is -2.20. The number of nitrogens with zero attached hydrogens (tertiary/aromatic N) is 3. The summed E-state index contributed by atoms with van der Waals surface area (Å²) in [5.41, 5.74) is 2.16. The van der Waals surface area contributed by atoms with E-state index in [1.165, 1.54) is 0 Å². The molecule has 2 aromatic heterocycles. The molecule has 1 N–H and O–H groups in total. The molecule has 8 heteroatoms. The van der Waals surface area contributed by atoms with Crippen LogP contribution in [0.5, 0.6) is 11.5 Å². The molecule has 3 heterocycles. The number of hydrogen-bond acceptors (Lipinski definition) is 6. The lowest BCUT2D eigenvalue weighted by Crippen LogP contribution is -2.36. The predicted molar refractivity (Wildman–Crippen MR) is 119 cm³/mol. The van der Waals surface area contributed by atoms with Gasteiger partial charge in [0.25, 0.3) is 0 Å². The number of benzene rings is 1. The van der Waals surface area contributed by atoms with Crippen molar-refractivity contribution >= 4 is 45.4 Å². The van der Waals surface area contributed by atoms with Crippen LogP contribution in [-0.2, 0) is 6.54 Å². The second-order valence-electron chi connectivity index (χ2n) is 7.68. The first kappa shape index (κ1) is 19.8. The van der Waals surface area contributed by atoms with Crippen LogP contribution in [0.4, 0.5) is 0 Å². The van der Waals surface area contributed by atoms with Crippen molar-refractivity contribution in [3.05, 3.63) is 34.2 Å². The summed E-state index contributed by atoms with van der Waals surface area (Å²) < 4.78 is 14.4. The summed E-state index contributed by atoms with van der Waals surface area (Å²) in [4.78, 5) is 10.2. The summed E-state index contributed by atoms with van der Waals surface area (Å²) in [5, 5.41) is 4.52. The van der Waals surface area contributed by atoms with Crippen molar-refractivity contribution in [2.45, 2.75) is 49.3 Å². The third-order valence-corrected chi connectivity index (χ3v) is 6.67. The number of rotatable bonds is 6. The number of ether oxygens (including phenoxy) is 2. The summed E-state index contributed by atoms with van der Waals surface area (Å²) in [6.45, 7) is 8.70. The Bertz CT molecular complexity index is 1000. The molecule has 0 fully saturated rings. The number of hydrogen-bond donors (Lipinski definition) is 1. The van der Waals surface area contributed by atoms with Gasteiger partial charge < -0.3 is 19.4 Å². The molecule has 0 saturated heterocycles. The second-order valence-corrected chi connectivity index (χ2v) is 9.85. The van der Waals surface area contributed by atoms with E-state index in [0.717, 1.165) is 55.7 Å². The fourth-order valence-corrected chi connectivity index (χ4v) is 4.76. The Balaban J connectivity index is 1.60. The average Bonchev–Trinajstić information content (AvgIpc) is 3.22. The van der Waals surface area contributed by atoms with Crippen molar-refractivity contribution in [1.82, 2.24) is 19.9 Å². The topological polar surface area (TPSA) is 61.2 Å². The van der Waals surface area contributed by atoms with Crippen molar-refractivity contribution in [3.8, 4) is 11.5 Å². The molecule has 0 spiro atoms. The number of pyridine rings is 1. The minimum Gasteiger partial charge on any atom is -0.454 e. The Hall–Kier alpha value is -1.52. The minimum absolute atomic E-state index is 0.126. The van der Waals surface area contributed by atoms with Gasteiger partial charge in [-0.1, -0.05) is 11.8 Å². The molecule has 1 aliphatic heterocycles. The molecule has 1 aliphatic rings. The summed E-state index contributed by atoms with van der Waals surface area (Å²) in [5.74, 6) is 1.60. The summed E-state index contributed by atoms with van der Waals surface area (Å²) in [7, 11) is 0. The van der Waals surface area contributed by atoms with Crippen LogP contribution in [-0.4, -0.2) is 33.4 Å². The molecule has 0 saturated carbocycles. The molecular formula is C20H23IN4O2S. The van der Waals surface area contributed by atoms with Crippen molar-refractivity contribution < 1.29 is 9.47 Å². The van der Waals surface area contributed by atoms with Crippen LogP contribution in [0.2, 0.25) is 0 Å². The van der Waals surface area contributed by atoms with Crippen molar-refractivity contribution in [2.24, 2.45) is 0 Å². The van der Waals surface area contributed by atoms with Gasteiger partial charge in [-0.15, -0.1) is 0 Å². The Morgan fingerprint density at radius 3 is 2.82 bits per heavy atom. The van der Waals surface area contributed by atoms with Gasteiger partial charge in [0.2, 0.25) is 6.79 Å². The van der Waals surface area contributed by atoms with E-state index >= 15 is 0 Å². The van der Waals surface area contributed by atoms with E-state index < -0.39 is 0 Å². The molecule has 0 aliphatic carbocycles. The quantitative estimate of drug-likeness (QED) is 0.384. The van der Waals surface area contributed by atoms with Gasteiger partial charge in [-0.25, -0.2) is 4.98 Å². The van der Waals surface area contributed by atoms with Crippen LogP contribution in [0, 0.1) is 3.57 Å². The molecule has 0 amide bonds. The largest absolute Gasteiger partial charge is 0.454 e. The molecule has 148 valence electrons. The van der Waals surface area contributed by atoms with Crippen LogP contribution in [0.1, 0.15) is 27.2 Å². The molecule has 0 radical (unpaired) electrons. The molecule has 1 aromatic carbocycles. The standard InChI is InChI=1S/C20H23IN4O2S/c1-20(2,3)23-6-4-8-25-15-5-7-22-11-14(15)24-19(25)28-18-10-17-16(9-13(18)21)26-12-27-17/h5,7,9-11,23H,4,6,8,12H2,1-3H3. The van der Waals surface area contributed by atoms with Crippen molar-refractivity contribution in [2.75, 3.05) is 13.3 Å². The third kappa shape index (κ3) is 4.38. The molecule has 6 nitrogen and oxygen atoms in total. The number of aryl methyl sites for hydroxylation is 1. The number of fused-ring (bicyclic) bond motifs is 2. The summed E-state index contributed by atoms with van der Waals surface area (Å²) >= 11 is 4.00. The van der Waals surface area contributed by atoms with Gasteiger partial charge in [-0.2, -0.15) is 0 Å². The number of nitrogens with one attached hydrogen (secondary N) is 1.